The fraction of sp³-hybridized carbons (Fsp3) is 0.440. The molecule has 10 nitrogen and oxygen atoms in total. The molecule has 1 saturated heterocycles. The number of amides is 1. The second-order valence-corrected chi connectivity index (χ2v) is 16.8. The lowest BCUT2D eigenvalue weighted by molar-refractivity contribution is 0.136. The van der Waals surface area contributed by atoms with E-state index in [1.165, 1.54) is 4.90 Å². The molecule has 210 valence electrons. The van der Waals surface area contributed by atoms with Crippen LogP contribution in [0.2, 0.25) is 0 Å². The van der Waals surface area contributed by atoms with Gasteiger partial charge in [0, 0.05) is 53.4 Å². The number of fused-ring (bicyclic) bond motifs is 1. The maximum absolute atomic E-state index is 12.8. The van der Waals surface area contributed by atoms with E-state index in [-0.39, 0.29) is 16.5 Å². The number of thiol groups is 2. The van der Waals surface area contributed by atoms with Gasteiger partial charge >= 0.3 is 11.8 Å². The molecule has 0 aliphatic carbocycles. The van der Waals surface area contributed by atoms with E-state index in [1.807, 2.05) is 24.1 Å². The van der Waals surface area contributed by atoms with Crippen LogP contribution in [0.1, 0.15) is 45.9 Å². The van der Waals surface area contributed by atoms with Crippen molar-refractivity contribution in [3.8, 4) is 0 Å². The Labute approximate surface area is 241 Å². The molecule has 0 radical (unpaired) electrons. The molecular weight excluding hydrogens is 581 g/mol. The van der Waals surface area contributed by atoms with Gasteiger partial charge in [-0.25, -0.2) is 24.6 Å². The zero-order valence-electron chi connectivity index (χ0n) is 22.2. The third kappa shape index (κ3) is 5.07. The smallest absolute Gasteiger partial charge is 0.407 e. The van der Waals surface area contributed by atoms with Crippen molar-refractivity contribution in [2.75, 3.05) is 24.5 Å². The molecule has 1 amide bonds. The standard InChI is InChI=1S/C25H31Cl2N7O3S2/c1-12(2)38-17(9-28-22(38)26)15-8-16-20(30-19(15)18-10-29-23(27)39(18)13(3)4)31-24(35)32-21(16)34-7-6-33(25(36)37)11-14(34)5/h8-10,12-14,38-39H,6-7,11H2,1-5H3,(H,36,37)(H,30,31,32,35). The van der Waals surface area contributed by atoms with Crippen molar-refractivity contribution in [1.82, 2.24) is 19.9 Å². The maximum atomic E-state index is 12.8. The summed E-state index contributed by atoms with van der Waals surface area (Å²) in [5.41, 5.74) is 1.46. The molecular formula is C25H31Cl2N7O3S2. The van der Waals surface area contributed by atoms with Gasteiger partial charge in [-0.05, 0) is 23.5 Å². The first-order valence-corrected chi connectivity index (χ1v) is 16.2. The molecule has 2 N–H and O–H groups in total. The summed E-state index contributed by atoms with van der Waals surface area (Å²) in [6, 6.07) is 1.83. The molecule has 14 heteroatoms. The van der Waals surface area contributed by atoms with Crippen molar-refractivity contribution >= 4 is 86.8 Å². The molecule has 1 fully saturated rings. The molecule has 0 bridgehead atoms. The SMILES string of the molecule is CC1CN(C(=O)O)CCN1c1nc(=O)[nH]c2nc(C3=CN=C(Cl)[SH]3C(C)C)c(C3=CN=C(Cl)[SH]3C(C)C)cc12. The van der Waals surface area contributed by atoms with E-state index in [9.17, 15) is 14.7 Å². The van der Waals surface area contributed by atoms with Crippen molar-refractivity contribution in [2.24, 2.45) is 9.98 Å². The molecule has 3 atom stereocenters. The summed E-state index contributed by atoms with van der Waals surface area (Å²) in [7, 11) is -1.85. The number of hydrogen-bond donors (Lipinski definition) is 4. The maximum Gasteiger partial charge on any atom is 0.407 e. The van der Waals surface area contributed by atoms with Gasteiger partial charge in [0.1, 0.15) is 20.5 Å². The molecule has 3 aliphatic heterocycles. The monoisotopic (exact) mass is 611 g/mol. The quantitative estimate of drug-likeness (QED) is 0.347. The van der Waals surface area contributed by atoms with Gasteiger partial charge in [0.15, 0.2) is 0 Å². The summed E-state index contributed by atoms with van der Waals surface area (Å²) in [4.78, 5) is 50.8. The molecule has 2 aromatic heterocycles. The van der Waals surface area contributed by atoms with Crippen molar-refractivity contribution in [1.29, 1.82) is 0 Å². The highest BCUT2D eigenvalue weighted by Crippen LogP contribution is 2.57. The van der Waals surface area contributed by atoms with Gasteiger partial charge in [-0.15, -0.1) is 0 Å². The number of H-pyrrole nitrogens is 1. The number of piperazine rings is 1. The number of aromatic amines is 1. The third-order valence-corrected chi connectivity index (χ3v) is 13.0. The number of pyridine rings is 1. The first-order chi connectivity index (χ1) is 18.5. The number of aromatic nitrogens is 3. The molecule has 3 unspecified atom stereocenters. The lowest BCUT2D eigenvalue weighted by atomic mass is 10.1. The number of carbonyl (C=O) groups is 1. The van der Waals surface area contributed by atoms with Crippen LogP contribution in [0, 0.1) is 0 Å². The van der Waals surface area contributed by atoms with E-state index in [1.54, 1.807) is 6.20 Å². The van der Waals surface area contributed by atoms with Gasteiger partial charge < -0.3 is 14.9 Å². The number of hydrogen-bond acceptors (Lipinski definition) is 7. The predicted molar refractivity (Wildman–Crippen MR) is 167 cm³/mol. The topological polar surface area (TPSA) is 127 Å². The highest BCUT2D eigenvalue weighted by Gasteiger charge is 2.34. The number of aliphatic imine (C=N–C) groups is 2. The summed E-state index contributed by atoms with van der Waals surface area (Å²) >= 11 is 13.2. The lowest BCUT2D eigenvalue weighted by Gasteiger charge is -2.39. The van der Waals surface area contributed by atoms with Gasteiger partial charge in [0.25, 0.3) is 0 Å². The van der Waals surface area contributed by atoms with Gasteiger partial charge in [-0.3, -0.25) is 4.98 Å². The highest BCUT2D eigenvalue weighted by atomic mass is 35.5. The molecule has 3 aliphatic rings. The van der Waals surface area contributed by atoms with Gasteiger partial charge in [-0.2, -0.15) is 26.8 Å². The third-order valence-electron chi connectivity index (χ3n) is 6.92. The van der Waals surface area contributed by atoms with E-state index in [0.717, 1.165) is 15.4 Å². The molecule has 0 spiro atoms. The first-order valence-electron chi connectivity index (χ1n) is 12.6. The van der Waals surface area contributed by atoms with Crippen LogP contribution in [-0.2, 0) is 0 Å². The average molecular weight is 613 g/mol. The highest BCUT2D eigenvalue weighted by molar-refractivity contribution is 8.40. The van der Waals surface area contributed by atoms with E-state index < -0.39 is 33.6 Å². The normalized spacial score (nSPS) is 25.3. The Bertz CT molecular complexity index is 1540. The van der Waals surface area contributed by atoms with Crippen molar-refractivity contribution < 1.29 is 9.90 Å². The Balaban J connectivity index is 1.72. The van der Waals surface area contributed by atoms with Crippen molar-refractivity contribution in [3.05, 3.63) is 40.2 Å². The van der Waals surface area contributed by atoms with Crippen LogP contribution in [-0.4, -0.2) is 76.2 Å². The molecule has 0 saturated carbocycles. The van der Waals surface area contributed by atoms with Crippen LogP contribution in [0.15, 0.2) is 33.2 Å². The van der Waals surface area contributed by atoms with Crippen LogP contribution in [0.25, 0.3) is 20.8 Å². The van der Waals surface area contributed by atoms with Gasteiger partial charge in [0.2, 0.25) is 0 Å². The second-order valence-electron chi connectivity index (χ2n) is 10.2. The fourth-order valence-corrected chi connectivity index (χ4v) is 10.9. The Morgan fingerprint density at radius 1 is 1.05 bits per heavy atom. The minimum absolute atomic E-state index is 0.190. The summed E-state index contributed by atoms with van der Waals surface area (Å²) in [5.74, 6) is 0.479. The number of nitrogens with zero attached hydrogens (tertiary/aromatic N) is 6. The molecule has 39 heavy (non-hydrogen) atoms. The average Bonchev–Trinajstić information content (AvgIpc) is 3.45. The fourth-order valence-electron chi connectivity index (χ4n) is 5.15. The van der Waals surface area contributed by atoms with E-state index in [0.29, 0.717) is 51.2 Å². The molecule has 0 aromatic carbocycles. The summed E-state index contributed by atoms with van der Waals surface area (Å²) in [6.45, 7) is 11.4. The Hall–Kier alpha value is -2.54. The zero-order valence-corrected chi connectivity index (χ0v) is 25.5. The van der Waals surface area contributed by atoms with E-state index in [2.05, 4.69) is 47.6 Å². The summed E-state index contributed by atoms with van der Waals surface area (Å²) in [5, 5.41) is 10.6. The van der Waals surface area contributed by atoms with Gasteiger partial charge in [0.05, 0.1) is 11.1 Å². The number of anilines is 1. The Kier molecular flexibility index (Phi) is 7.75. The van der Waals surface area contributed by atoms with Crippen LogP contribution in [0.5, 0.6) is 0 Å². The summed E-state index contributed by atoms with van der Waals surface area (Å²) in [6.07, 6.45) is 2.65. The number of carboxylic acid groups (broad SMARTS) is 1. The Morgan fingerprint density at radius 3 is 2.26 bits per heavy atom. The second kappa shape index (κ2) is 10.8. The van der Waals surface area contributed by atoms with Crippen molar-refractivity contribution in [3.63, 3.8) is 0 Å². The minimum Gasteiger partial charge on any atom is -0.465 e. The van der Waals surface area contributed by atoms with Gasteiger partial charge in [-0.1, -0.05) is 50.9 Å². The van der Waals surface area contributed by atoms with E-state index >= 15 is 0 Å². The zero-order chi connectivity index (χ0) is 28.2. The Morgan fingerprint density at radius 2 is 1.67 bits per heavy atom. The van der Waals surface area contributed by atoms with Crippen LogP contribution < -0.4 is 10.6 Å². The lowest BCUT2D eigenvalue weighted by Crippen LogP contribution is -2.54. The molecule has 5 heterocycles. The van der Waals surface area contributed by atoms with Crippen molar-refractivity contribution in [2.45, 2.75) is 51.2 Å². The van der Waals surface area contributed by atoms with Crippen LogP contribution >= 0.6 is 45.0 Å². The molecule has 2 aromatic rings. The number of rotatable bonds is 5. The largest absolute Gasteiger partial charge is 0.465 e. The summed E-state index contributed by atoms with van der Waals surface area (Å²) < 4.78 is 1.15. The minimum atomic E-state index is -0.960. The van der Waals surface area contributed by atoms with Crippen LogP contribution in [0.4, 0.5) is 10.6 Å². The van der Waals surface area contributed by atoms with Crippen LogP contribution in [0.3, 0.4) is 0 Å². The van der Waals surface area contributed by atoms with E-state index in [4.69, 9.17) is 28.2 Å². The number of halogens is 2. The molecule has 5 rings (SSSR count). The first kappa shape index (κ1) is 28.0. The predicted octanol–water partition coefficient (Wildman–Crippen LogP) is 5.14. The number of nitrogens with one attached hydrogen (secondary N) is 1.